The monoisotopic (exact) mass is 192 g/mol. The molecule has 0 spiro atoms. The van der Waals surface area contributed by atoms with Crippen LogP contribution in [0.1, 0.15) is 26.2 Å². The summed E-state index contributed by atoms with van der Waals surface area (Å²) in [6.07, 6.45) is 2.85. The molecule has 1 aliphatic rings. The van der Waals surface area contributed by atoms with Gasteiger partial charge in [0, 0.05) is 13.1 Å². The molecule has 0 unspecified atom stereocenters. The zero-order valence-corrected chi connectivity index (χ0v) is 8.23. The van der Waals surface area contributed by atoms with E-state index in [1.807, 2.05) is 6.92 Å². The molecule has 0 atom stereocenters. The van der Waals surface area contributed by atoms with Crippen molar-refractivity contribution in [2.45, 2.75) is 26.2 Å². The third kappa shape index (κ3) is 3.08. The van der Waals surface area contributed by atoms with E-state index in [-0.39, 0.29) is 5.75 Å². The van der Waals surface area contributed by atoms with Gasteiger partial charge in [0.2, 0.25) is 10.0 Å². The van der Waals surface area contributed by atoms with E-state index in [0.29, 0.717) is 6.42 Å². The molecule has 0 radical (unpaired) electrons. The first-order chi connectivity index (χ1) is 5.64. The highest BCUT2D eigenvalue weighted by Gasteiger charge is 2.17. The van der Waals surface area contributed by atoms with Crippen molar-refractivity contribution in [3.05, 3.63) is 0 Å². The first kappa shape index (κ1) is 9.95. The highest BCUT2D eigenvalue weighted by molar-refractivity contribution is 7.89. The second kappa shape index (κ2) is 4.20. The molecule has 72 valence electrons. The van der Waals surface area contributed by atoms with E-state index < -0.39 is 10.0 Å². The third-order valence-corrected chi connectivity index (χ3v) is 3.33. The number of rotatable bonds is 4. The fourth-order valence-corrected chi connectivity index (χ4v) is 2.52. The van der Waals surface area contributed by atoms with E-state index in [1.165, 1.54) is 0 Å². The maximum atomic E-state index is 11.2. The van der Waals surface area contributed by atoms with Crippen molar-refractivity contribution in [2.24, 2.45) is 0 Å². The van der Waals surface area contributed by atoms with Gasteiger partial charge in [-0.2, -0.15) is 0 Å². The Bertz CT molecular complexity index is 220. The SMILES string of the molecule is CCCS(=O)(=O)NN1CCCC1. The maximum absolute atomic E-state index is 11.2. The molecule has 0 aromatic heterocycles. The molecule has 1 saturated heterocycles. The Balaban J connectivity index is 2.38. The Labute approximate surface area is 74.0 Å². The predicted octanol–water partition coefficient (Wildman–Crippen LogP) is 0.327. The summed E-state index contributed by atoms with van der Waals surface area (Å²) in [5.41, 5.74) is 0. The Morgan fingerprint density at radius 2 is 1.92 bits per heavy atom. The summed E-state index contributed by atoms with van der Waals surface area (Å²) >= 11 is 0. The number of hydrogen-bond donors (Lipinski definition) is 1. The summed E-state index contributed by atoms with van der Waals surface area (Å²) in [4.78, 5) is 2.56. The van der Waals surface area contributed by atoms with Crippen molar-refractivity contribution in [1.29, 1.82) is 0 Å². The molecule has 0 aromatic rings. The number of hydrazine groups is 1. The van der Waals surface area contributed by atoms with Crippen LogP contribution >= 0.6 is 0 Å². The van der Waals surface area contributed by atoms with Gasteiger partial charge in [0.25, 0.3) is 0 Å². The smallest absolute Gasteiger partial charge is 0.224 e. The fourth-order valence-electron chi connectivity index (χ4n) is 1.32. The van der Waals surface area contributed by atoms with Gasteiger partial charge in [-0.15, -0.1) is 4.83 Å². The quantitative estimate of drug-likeness (QED) is 0.698. The van der Waals surface area contributed by atoms with Crippen LogP contribution in [0.4, 0.5) is 0 Å². The van der Waals surface area contributed by atoms with Gasteiger partial charge >= 0.3 is 0 Å². The number of nitrogens with one attached hydrogen (secondary N) is 1. The number of sulfonamides is 1. The van der Waals surface area contributed by atoms with Crippen LogP contribution in [0.5, 0.6) is 0 Å². The zero-order valence-electron chi connectivity index (χ0n) is 7.41. The summed E-state index contributed by atoms with van der Waals surface area (Å²) in [5, 5.41) is 1.78. The molecule has 1 aliphatic heterocycles. The first-order valence-electron chi connectivity index (χ1n) is 4.39. The van der Waals surface area contributed by atoms with Gasteiger partial charge in [-0.05, 0) is 19.3 Å². The molecule has 1 N–H and O–H groups in total. The molecule has 0 bridgehead atoms. The van der Waals surface area contributed by atoms with Crippen LogP contribution in [0.3, 0.4) is 0 Å². The fraction of sp³-hybridized carbons (Fsp3) is 1.00. The minimum absolute atomic E-state index is 0.226. The van der Waals surface area contributed by atoms with Crippen molar-refractivity contribution in [1.82, 2.24) is 9.84 Å². The van der Waals surface area contributed by atoms with Crippen LogP contribution in [0.2, 0.25) is 0 Å². The summed E-state index contributed by atoms with van der Waals surface area (Å²) in [6, 6.07) is 0. The van der Waals surface area contributed by atoms with E-state index in [9.17, 15) is 8.42 Å². The van der Waals surface area contributed by atoms with E-state index in [4.69, 9.17) is 0 Å². The van der Waals surface area contributed by atoms with Crippen LogP contribution in [0, 0.1) is 0 Å². The highest BCUT2D eigenvalue weighted by Crippen LogP contribution is 2.05. The van der Waals surface area contributed by atoms with Gasteiger partial charge in [-0.3, -0.25) is 0 Å². The summed E-state index contributed by atoms with van der Waals surface area (Å²) < 4.78 is 22.5. The Hall–Kier alpha value is -0.130. The third-order valence-electron chi connectivity index (χ3n) is 1.85. The van der Waals surface area contributed by atoms with Crippen LogP contribution in [-0.4, -0.2) is 32.3 Å². The van der Waals surface area contributed by atoms with E-state index >= 15 is 0 Å². The van der Waals surface area contributed by atoms with E-state index in [2.05, 4.69) is 4.83 Å². The Morgan fingerprint density at radius 3 is 2.42 bits per heavy atom. The van der Waals surface area contributed by atoms with Crippen molar-refractivity contribution >= 4 is 10.0 Å². The Morgan fingerprint density at radius 1 is 1.33 bits per heavy atom. The van der Waals surface area contributed by atoms with Gasteiger partial charge in [0.05, 0.1) is 5.75 Å². The maximum Gasteiger partial charge on any atom is 0.224 e. The summed E-state index contributed by atoms with van der Waals surface area (Å²) in [7, 11) is -3.04. The summed E-state index contributed by atoms with van der Waals surface area (Å²) in [6.45, 7) is 3.56. The summed E-state index contributed by atoms with van der Waals surface area (Å²) in [5.74, 6) is 0.226. The van der Waals surface area contributed by atoms with Gasteiger partial charge in [0.15, 0.2) is 0 Å². The minimum atomic E-state index is -3.04. The van der Waals surface area contributed by atoms with E-state index in [0.717, 1.165) is 25.9 Å². The molecule has 1 rings (SSSR count). The predicted molar refractivity (Wildman–Crippen MR) is 48.0 cm³/mol. The number of hydrogen-bond acceptors (Lipinski definition) is 3. The molecular formula is C7H16N2O2S. The van der Waals surface area contributed by atoms with Crippen molar-refractivity contribution in [3.8, 4) is 0 Å². The molecule has 0 saturated carbocycles. The largest absolute Gasteiger partial charge is 0.231 e. The van der Waals surface area contributed by atoms with Crippen LogP contribution in [-0.2, 0) is 10.0 Å². The van der Waals surface area contributed by atoms with Crippen molar-refractivity contribution in [2.75, 3.05) is 18.8 Å². The molecule has 12 heavy (non-hydrogen) atoms. The zero-order chi connectivity index (χ0) is 9.03. The lowest BCUT2D eigenvalue weighted by atomic mass is 10.4. The lowest BCUT2D eigenvalue weighted by Crippen LogP contribution is -2.41. The molecule has 5 heteroatoms. The van der Waals surface area contributed by atoms with Gasteiger partial charge < -0.3 is 0 Å². The topological polar surface area (TPSA) is 49.4 Å². The average Bonchev–Trinajstić information content (AvgIpc) is 2.38. The molecule has 1 fully saturated rings. The van der Waals surface area contributed by atoms with Gasteiger partial charge in [0.1, 0.15) is 0 Å². The van der Waals surface area contributed by atoms with Crippen molar-refractivity contribution < 1.29 is 8.42 Å². The molecule has 0 aromatic carbocycles. The lowest BCUT2D eigenvalue weighted by Gasteiger charge is -2.15. The molecular weight excluding hydrogens is 176 g/mol. The van der Waals surface area contributed by atoms with E-state index in [1.54, 1.807) is 5.01 Å². The first-order valence-corrected chi connectivity index (χ1v) is 6.04. The normalized spacial score (nSPS) is 20.1. The van der Waals surface area contributed by atoms with Crippen LogP contribution < -0.4 is 4.83 Å². The Kier molecular flexibility index (Phi) is 3.49. The van der Waals surface area contributed by atoms with Gasteiger partial charge in [-0.1, -0.05) is 6.92 Å². The standard InChI is InChI=1S/C7H16N2O2S/c1-2-7-12(10,11)8-9-5-3-4-6-9/h8H,2-7H2,1H3. The van der Waals surface area contributed by atoms with Crippen LogP contribution in [0.15, 0.2) is 0 Å². The molecule has 4 nitrogen and oxygen atoms in total. The average molecular weight is 192 g/mol. The minimum Gasteiger partial charge on any atom is -0.231 e. The molecule has 1 heterocycles. The second-order valence-corrected chi connectivity index (χ2v) is 4.92. The molecule has 0 amide bonds. The van der Waals surface area contributed by atoms with Crippen molar-refractivity contribution in [3.63, 3.8) is 0 Å². The van der Waals surface area contributed by atoms with Gasteiger partial charge in [-0.25, -0.2) is 13.4 Å². The highest BCUT2D eigenvalue weighted by atomic mass is 32.2. The van der Waals surface area contributed by atoms with Crippen LogP contribution in [0.25, 0.3) is 0 Å². The number of nitrogens with zero attached hydrogens (tertiary/aromatic N) is 1. The molecule has 0 aliphatic carbocycles. The second-order valence-electron chi connectivity index (χ2n) is 3.10. The lowest BCUT2D eigenvalue weighted by molar-refractivity contribution is 0.300.